The van der Waals surface area contributed by atoms with Gasteiger partial charge in [0, 0.05) is 19.1 Å². The minimum Gasteiger partial charge on any atom is -0.465 e. The topological polar surface area (TPSA) is 45.7 Å². The summed E-state index contributed by atoms with van der Waals surface area (Å²) in [4.78, 5) is 21.3. The number of carbonyl (C=O) groups excluding carboxylic acids is 1. The van der Waals surface area contributed by atoms with Crippen LogP contribution in [0.25, 0.3) is 0 Å². The maximum atomic E-state index is 11.6. The van der Waals surface area contributed by atoms with Crippen molar-refractivity contribution in [3.8, 4) is 0 Å². The van der Waals surface area contributed by atoms with Crippen molar-refractivity contribution in [2.24, 2.45) is 0 Å². The molecule has 2 rings (SSSR count). The van der Waals surface area contributed by atoms with Crippen LogP contribution in [0.15, 0.2) is 0 Å². The van der Waals surface area contributed by atoms with Gasteiger partial charge in [-0.05, 0) is 33.9 Å². The van der Waals surface area contributed by atoms with Gasteiger partial charge in [0.25, 0.3) is 0 Å². The third-order valence-corrected chi connectivity index (χ3v) is 4.53. The molecule has 0 aliphatic carbocycles. The van der Waals surface area contributed by atoms with Crippen molar-refractivity contribution in [1.82, 2.24) is 9.88 Å². The molecular formula is C13H21N3O2S. The van der Waals surface area contributed by atoms with Crippen LogP contribution < -0.4 is 4.90 Å². The van der Waals surface area contributed by atoms with Gasteiger partial charge < -0.3 is 14.5 Å². The summed E-state index contributed by atoms with van der Waals surface area (Å²) in [6.45, 7) is 3.90. The van der Waals surface area contributed by atoms with Gasteiger partial charge in [-0.3, -0.25) is 0 Å². The lowest BCUT2D eigenvalue weighted by Crippen LogP contribution is -2.37. The van der Waals surface area contributed by atoms with E-state index in [1.54, 1.807) is 0 Å². The van der Waals surface area contributed by atoms with E-state index in [0.717, 1.165) is 23.9 Å². The number of nitrogens with zero attached hydrogens (tertiary/aromatic N) is 3. The predicted molar refractivity (Wildman–Crippen MR) is 77.1 cm³/mol. The van der Waals surface area contributed by atoms with Crippen LogP contribution in [-0.4, -0.2) is 56.2 Å². The molecule has 0 bridgehead atoms. The van der Waals surface area contributed by atoms with Crippen LogP contribution in [0, 0.1) is 6.92 Å². The van der Waals surface area contributed by atoms with E-state index in [-0.39, 0.29) is 5.97 Å². The smallest absolute Gasteiger partial charge is 0.350 e. The Morgan fingerprint density at radius 1 is 1.58 bits per heavy atom. The molecule has 1 aromatic heterocycles. The summed E-state index contributed by atoms with van der Waals surface area (Å²) in [6, 6.07) is 0.492. The molecule has 6 heteroatoms. The Morgan fingerprint density at radius 2 is 2.32 bits per heavy atom. The van der Waals surface area contributed by atoms with E-state index < -0.39 is 0 Å². The molecule has 0 radical (unpaired) electrons. The van der Waals surface area contributed by atoms with Gasteiger partial charge in [0.2, 0.25) is 0 Å². The van der Waals surface area contributed by atoms with Gasteiger partial charge in [0.1, 0.15) is 4.88 Å². The van der Waals surface area contributed by atoms with Crippen LogP contribution in [0.2, 0.25) is 0 Å². The molecule has 1 fully saturated rings. The number of aryl methyl sites for hydroxylation is 1. The Kier molecular flexibility index (Phi) is 4.42. The van der Waals surface area contributed by atoms with E-state index in [1.165, 1.54) is 31.3 Å². The Balaban J connectivity index is 2.19. The fraction of sp³-hybridized carbons (Fsp3) is 0.692. The Labute approximate surface area is 118 Å². The first-order chi connectivity index (χ1) is 9.02. The van der Waals surface area contributed by atoms with Gasteiger partial charge in [-0.15, -0.1) is 0 Å². The second kappa shape index (κ2) is 5.88. The monoisotopic (exact) mass is 283 g/mol. The third-order valence-electron chi connectivity index (χ3n) is 3.35. The van der Waals surface area contributed by atoms with Gasteiger partial charge in [0.15, 0.2) is 5.13 Å². The largest absolute Gasteiger partial charge is 0.465 e. The lowest BCUT2D eigenvalue weighted by molar-refractivity contribution is 0.0605. The zero-order valence-electron chi connectivity index (χ0n) is 12.0. The van der Waals surface area contributed by atoms with E-state index in [9.17, 15) is 4.79 Å². The fourth-order valence-electron chi connectivity index (χ4n) is 2.49. The SMILES string of the molecule is COC(=O)c1sc(N2CCCC2CN(C)C)nc1C. The summed E-state index contributed by atoms with van der Waals surface area (Å²) in [5.74, 6) is -0.287. The van der Waals surface area contributed by atoms with Crippen molar-refractivity contribution in [2.45, 2.75) is 25.8 Å². The van der Waals surface area contributed by atoms with E-state index >= 15 is 0 Å². The summed E-state index contributed by atoms with van der Waals surface area (Å²) in [5, 5.41) is 0.947. The lowest BCUT2D eigenvalue weighted by Gasteiger charge is -2.26. The maximum absolute atomic E-state index is 11.6. The number of thiazole rings is 1. The number of ether oxygens (including phenoxy) is 1. The number of aromatic nitrogens is 1. The molecular weight excluding hydrogens is 262 g/mol. The number of anilines is 1. The van der Waals surface area contributed by atoms with Crippen LogP contribution >= 0.6 is 11.3 Å². The first-order valence-corrected chi connectivity index (χ1v) is 7.31. The molecule has 0 spiro atoms. The van der Waals surface area contributed by atoms with Crippen LogP contribution in [0.5, 0.6) is 0 Å². The molecule has 106 valence electrons. The number of likely N-dealkylation sites (N-methyl/N-ethyl adjacent to an activating group) is 1. The minimum atomic E-state index is -0.287. The standard InChI is InChI=1S/C13H21N3O2S/c1-9-11(12(17)18-4)19-13(14-9)16-7-5-6-10(16)8-15(2)3/h10H,5-8H2,1-4H3. The highest BCUT2D eigenvalue weighted by Gasteiger charge is 2.29. The van der Waals surface area contributed by atoms with Crippen molar-refractivity contribution in [2.75, 3.05) is 39.2 Å². The van der Waals surface area contributed by atoms with Gasteiger partial charge >= 0.3 is 5.97 Å². The number of hydrogen-bond acceptors (Lipinski definition) is 6. The fourth-order valence-corrected chi connectivity index (χ4v) is 3.57. The van der Waals surface area contributed by atoms with Crippen LogP contribution in [0.4, 0.5) is 5.13 Å². The molecule has 1 atom stereocenters. The number of carbonyl (C=O) groups is 1. The van der Waals surface area contributed by atoms with Crippen LogP contribution in [-0.2, 0) is 4.74 Å². The summed E-state index contributed by atoms with van der Waals surface area (Å²) < 4.78 is 4.79. The number of methoxy groups -OCH3 is 1. The molecule has 1 aromatic rings. The molecule has 0 N–H and O–H groups in total. The average molecular weight is 283 g/mol. The van der Waals surface area contributed by atoms with Gasteiger partial charge in [-0.1, -0.05) is 11.3 Å². The van der Waals surface area contributed by atoms with Gasteiger partial charge in [-0.2, -0.15) is 0 Å². The van der Waals surface area contributed by atoms with Crippen LogP contribution in [0.1, 0.15) is 28.2 Å². The zero-order valence-corrected chi connectivity index (χ0v) is 12.8. The highest BCUT2D eigenvalue weighted by Crippen LogP contribution is 2.32. The zero-order chi connectivity index (χ0) is 14.0. The number of hydrogen-bond donors (Lipinski definition) is 0. The first kappa shape index (κ1) is 14.3. The molecule has 5 nitrogen and oxygen atoms in total. The van der Waals surface area contributed by atoms with Gasteiger partial charge in [-0.25, -0.2) is 9.78 Å². The molecule has 0 saturated carbocycles. The van der Waals surface area contributed by atoms with E-state index in [4.69, 9.17) is 4.74 Å². The van der Waals surface area contributed by atoms with Crippen molar-refractivity contribution in [1.29, 1.82) is 0 Å². The predicted octanol–water partition coefficient (Wildman–Crippen LogP) is 1.77. The summed E-state index contributed by atoms with van der Waals surface area (Å²) in [7, 11) is 5.58. The molecule has 0 amide bonds. The molecule has 1 aliphatic rings. The summed E-state index contributed by atoms with van der Waals surface area (Å²) >= 11 is 1.44. The van der Waals surface area contributed by atoms with E-state index in [0.29, 0.717) is 10.9 Å². The highest BCUT2D eigenvalue weighted by molar-refractivity contribution is 7.17. The average Bonchev–Trinajstić information content (AvgIpc) is 2.94. The minimum absolute atomic E-state index is 0.287. The normalized spacial score (nSPS) is 19.2. The number of esters is 1. The number of rotatable bonds is 4. The molecule has 19 heavy (non-hydrogen) atoms. The van der Waals surface area contributed by atoms with Crippen molar-refractivity contribution < 1.29 is 9.53 Å². The van der Waals surface area contributed by atoms with E-state index in [1.807, 2.05) is 6.92 Å². The van der Waals surface area contributed by atoms with Crippen molar-refractivity contribution in [3.63, 3.8) is 0 Å². The summed E-state index contributed by atoms with van der Waals surface area (Å²) in [6.07, 6.45) is 2.37. The Hall–Kier alpha value is -1.14. The van der Waals surface area contributed by atoms with Gasteiger partial charge in [0.05, 0.1) is 12.8 Å². The van der Waals surface area contributed by atoms with Crippen molar-refractivity contribution in [3.05, 3.63) is 10.6 Å². The molecule has 0 aromatic carbocycles. The Morgan fingerprint density at radius 3 is 2.95 bits per heavy atom. The molecule has 1 saturated heterocycles. The van der Waals surface area contributed by atoms with Crippen molar-refractivity contribution >= 4 is 22.4 Å². The van der Waals surface area contributed by atoms with Crippen LogP contribution in [0.3, 0.4) is 0 Å². The highest BCUT2D eigenvalue weighted by atomic mass is 32.1. The molecule has 1 aliphatic heterocycles. The third kappa shape index (κ3) is 3.06. The summed E-state index contributed by atoms with van der Waals surface area (Å²) in [5.41, 5.74) is 0.766. The maximum Gasteiger partial charge on any atom is 0.350 e. The second-order valence-electron chi connectivity index (χ2n) is 5.15. The second-order valence-corrected chi connectivity index (χ2v) is 6.13. The molecule has 1 unspecified atom stereocenters. The lowest BCUT2D eigenvalue weighted by atomic mass is 10.2. The Bertz CT molecular complexity index is 459. The molecule has 2 heterocycles. The quantitative estimate of drug-likeness (QED) is 0.788. The first-order valence-electron chi connectivity index (χ1n) is 6.50. The van der Waals surface area contributed by atoms with E-state index in [2.05, 4.69) is 28.9 Å².